The van der Waals surface area contributed by atoms with Crippen LogP contribution in [0, 0.1) is 0 Å². The number of benzene rings is 2. The average molecular weight is 444 g/mol. The van der Waals surface area contributed by atoms with Gasteiger partial charge >= 0.3 is 0 Å². The summed E-state index contributed by atoms with van der Waals surface area (Å²) in [7, 11) is 0. The third-order valence-corrected chi connectivity index (χ3v) is 5.63. The zero-order valence-electron chi connectivity index (χ0n) is 18.4. The number of aromatic nitrogens is 1. The highest BCUT2D eigenvalue weighted by Crippen LogP contribution is 2.30. The first-order valence-corrected chi connectivity index (χ1v) is 11.0. The molecule has 2 heterocycles. The first-order valence-electron chi connectivity index (χ1n) is 11.0. The highest BCUT2D eigenvalue weighted by atomic mass is 16.2. The summed E-state index contributed by atoms with van der Waals surface area (Å²) >= 11 is 0. The molecule has 3 amide bonds. The van der Waals surface area contributed by atoms with Gasteiger partial charge in [0.15, 0.2) is 0 Å². The van der Waals surface area contributed by atoms with Crippen LogP contribution in [0.2, 0.25) is 0 Å². The van der Waals surface area contributed by atoms with Crippen LogP contribution in [0.3, 0.4) is 0 Å². The lowest BCUT2D eigenvalue weighted by Crippen LogP contribution is -2.31. The summed E-state index contributed by atoms with van der Waals surface area (Å²) in [4.78, 5) is 49.0. The van der Waals surface area contributed by atoms with E-state index in [1.54, 1.807) is 6.20 Å². The van der Waals surface area contributed by atoms with E-state index in [1.807, 2.05) is 55.5 Å². The predicted molar refractivity (Wildman–Crippen MR) is 125 cm³/mol. The third-order valence-electron chi connectivity index (χ3n) is 5.63. The maximum atomic E-state index is 12.9. The second kappa shape index (κ2) is 9.65. The molecule has 0 saturated carbocycles. The quantitative estimate of drug-likeness (QED) is 0.523. The monoisotopic (exact) mass is 443 g/mol. The molecule has 33 heavy (non-hydrogen) atoms. The number of carbonyl (C=O) groups excluding carboxylic acids is 4. The van der Waals surface area contributed by atoms with Crippen molar-refractivity contribution in [1.29, 1.82) is 0 Å². The fourth-order valence-corrected chi connectivity index (χ4v) is 3.94. The van der Waals surface area contributed by atoms with Gasteiger partial charge in [-0.25, -0.2) is 0 Å². The molecule has 1 aliphatic heterocycles. The Morgan fingerprint density at radius 1 is 1.03 bits per heavy atom. The van der Waals surface area contributed by atoms with Crippen LogP contribution < -0.4 is 10.6 Å². The minimum atomic E-state index is -0.493. The van der Waals surface area contributed by atoms with Crippen LogP contribution >= 0.6 is 0 Å². The van der Waals surface area contributed by atoms with Gasteiger partial charge in [0, 0.05) is 29.6 Å². The molecule has 0 fully saturated rings. The average Bonchev–Trinajstić information content (AvgIpc) is 3.35. The molecule has 4 rings (SSSR count). The SMILES string of the molecule is CCCCC(=O)NCC(=O)n1cc(C2=CC(=O)NC2=O)c2cc(Cc3ccccc3)ccc21. The number of amides is 3. The Morgan fingerprint density at radius 2 is 1.82 bits per heavy atom. The first kappa shape index (κ1) is 22.2. The Labute approximate surface area is 191 Å². The van der Waals surface area contributed by atoms with E-state index in [4.69, 9.17) is 0 Å². The number of nitrogens with one attached hydrogen (secondary N) is 2. The molecule has 2 aromatic carbocycles. The van der Waals surface area contributed by atoms with Gasteiger partial charge in [-0.3, -0.25) is 29.1 Å². The van der Waals surface area contributed by atoms with Crippen molar-refractivity contribution >= 4 is 40.1 Å². The van der Waals surface area contributed by atoms with Gasteiger partial charge in [-0.2, -0.15) is 0 Å². The summed E-state index contributed by atoms with van der Waals surface area (Å²) in [6.45, 7) is 1.85. The van der Waals surface area contributed by atoms with Crippen molar-refractivity contribution in [3.63, 3.8) is 0 Å². The topological polar surface area (TPSA) is 97.3 Å². The van der Waals surface area contributed by atoms with Crippen LogP contribution in [0.5, 0.6) is 0 Å². The minimum absolute atomic E-state index is 0.151. The predicted octanol–water partition coefficient (Wildman–Crippen LogP) is 3.22. The largest absolute Gasteiger partial charge is 0.347 e. The van der Waals surface area contributed by atoms with E-state index in [0.717, 1.165) is 24.0 Å². The van der Waals surface area contributed by atoms with Crippen molar-refractivity contribution in [2.45, 2.75) is 32.6 Å². The number of hydrogen-bond acceptors (Lipinski definition) is 4. The number of unbranched alkanes of at least 4 members (excludes halogenated alkanes) is 1. The Morgan fingerprint density at radius 3 is 2.52 bits per heavy atom. The number of hydrogen-bond donors (Lipinski definition) is 2. The van der Waals surface area contributed by atoms with Gasteiger partial charge in [-0.1, -0.05) is 49.7 Å². The van der Waals surface area contributed by atoms with Crippen molar-refractivity contribution in [3.8, 4) is 0 Å². The van der Waals surface area contributed by atoms with Gasteiger partial charge in [0.1, 0.15) is 0 Å². The molecular formula is C26H25N3O4. The van der Waals surface area contributed by atoms with Crippen LogP contribution in [-0.2, 0) is 20.8 Å². The normalized spacial score (nSPS) is 13.2. The van der Waals surface area contributed by atoms with Crippen molar-refractivity contribution in [1.82, 2.24) is 15.2 Å². The van der Waals surface area contributed by atoms with Crippen molar-refractivity contribution < 1.29 is 19.2 Å². The standard InChI is InChI=1S/C26H25N3O4/c1-2-3-9-23(30)27-15-25(32)29-16-21(20-14-24(31)28-26(20)33)19-13-18(10-11-22(19)29)12-17-7-5-4-6-8-17/h4-8,10-11,13-14,16H,2-3,9,12,15H2,1H3,(H,27,30)(H,28,31,33). The fraction of sp³-hybridized carbons (Fsp3) is 0.231. The molecule has 2 N–H and O–H groups in total. The lowest BCUT2D eigenvalue weighted by atomic mass is 10.00. The highest BCUT2D eigenvalue weighted by Gasteiger charge is 2.26. The maximum absolute atomic E-state index is 12.9. The zero-order valence-corrected chi connectivity index (χ0v) is 18.4. The van der Waals surface area contributed by atoms with Crippen LogP contribution in [-0.4, -0.2) is 34.7 Å². The number of imide groups is 1. The second-order valence-electron chi connectivity index (χ2n) is 8.08. The Hall–Kier alpha value is -4.00. The third kappa shape index (κ3) is 4.92. The highest BCUT2D eigenvalue weighted by molar-refractivity contribution is 6.35. The van der Waals surface area contributed by atoms with Crippen LogP contribution in [0.4, 0.5) is 0 Å². The number of nitrogens with zero attached hydrogens (tertiary/aromatic N) is 1. The van der Waals surface area contributed by atoms with Crippen LogP contribution in [0.15, 0.2) is 60.8 Å². The van der Waals surface area contributed by atoms with E-state index in [-0.39, 0.29) is 23.9 Å². The van der Waals surface area contributed by atoms with E-state index in [2.05, 4.69) is 10.6 Å². The molecule has 0 aliphatic carbocycles. The molecule has 0 atom stereocenters. The van der Waals surface area contributed by atoms with Gasteiger partial charge in [0.05, 0.1) is 17.6 Å². The molecule has 0 radical (unpaired) electrons. The Bertz CT molecular complexity index is 1270. The number of fused-ring (bicyclic) bond motifs is 1. The molecule has 3 aromatic rings. The Balaban J connectivity index is 1.69. The maximum Gasteiger partial charge on any atom is 0.258 e. The fourth-order valence-electron chi connectivity index (χ4n) is 3.94. The molecule has 7 nitrogen and oxygen atoms in total. The molecule has 0 bridgehead atoms. The summed E-state index contributed by atoms with van der Waals surface area (Å²) in [5.41, 5.74) is 3.49. The molecule has 168 valence electrons. The Kier molecular flexibility index (Phi) is 6.49. The molecule has 7 heteroatoms. The number of rotatable bonds is 8. The van der Waals surface area contributed by atoms with Gasteiger partial charge in [0.2, 0.25) is 11.8 Å². The summed E-state index contributed by atoms with van der Waals surface area (Å²) in [6.07, 6.45) is 5.54. The molecule has 0 unspecified atom stereocenters. The van der Waals surface area contributed by atoms with Crippen molar-refractivity contribution in [2.24, 2.45) is 0 Å². The van der Waals surface area contributed by atoms with Gasteiger partial charge < -0.3 is 5.32 Å². The summed E-state index contributed by atoms with van der Waals surface area (Å²) < 4.78 is 1.44. The van der Waals surface area contributed by atoms with E-state index in [0.29, 0.717) is 29.3 Å². The van der Waals surface area contributed by atoms with Crippen molar-refractivity contribution in [2.75, 3.05) is 6.54 Å². The molecule has 0 saturated heterocycles. The molecule has 0 spiro atoms. The lowest BCUT2D eigenvalue weighted by Gasteiger charge is -2.07. The first-order chi connectivity index (χ1) is 16.0. The lowest BCUT2D eigenvalue weighted by molar-refractivity contribution is -0.123. The van der Waals surface area contributed by atoms with Crippen LogP contribution in [0.1, 0.15) is 47.7 Å². The summed E-state index contributed by atoms with van der Waals surface area (Å²) in [5.74, 6) is -1.47. The van der Waals surface area contributed by atoms with Gasteiger partial charge in [-0.05, 0) is 36.1 Å². The van der Waals surface area contributed by atoms with Crippen LogP contribution in [0.25, 0.3) is 16.5 Å². The number of carbonyl (C=O) groups is 4. The smallest absolute Gasteiger partial charge is 0.258 e. The van der Waals surface area contributed by atoms with E-state index >= 15 is 0 Å². The summed E-state index contributed by atoms with van der Waals surface area (Å²) in [5, 5.41) is 5.62. The summed E-state index contributed by atoms with van der Waals surface area (Å²) in [6, 6.07) is 15.7. The second-order valence-corrected chi connectivity index (χ2v) is 8.08. The zero-order chi connectivity index (χ0) is 23.4. The minimum Gasteiger partial charge on any atom is -0.347 e. The van der Waals surface area contributed by atoms with E-state index < -0.39 is 11.8 Å². The molecular weight excluding hydrogens is 418 g/mol. The van der Waals surface area contributed by atoms with Crippen molar-refractivity contribution in [3.05, 3.63) is 77.5 Å². The van der Waals surface area contributed by atoms with Gasteiger partial charge in [-0.15, -0.1) is 0 Å². The molecule has 1 aliphatic rings. The molecule has 1 aromatic heterocycles. The van der Waals surface area contributed by atoms with Gasteiger partial charge in [0.25, 0.3) is 11.8 Å². The van der Waals surface area contributed by atoms with E-state index in [1.165, 1.54) is 10.6 Å². The van der Waals surface area contributed by atoms with E-state index in [9.17, 15) is 19.2 Å².